The number of hydrogen-bond donors (Lipinski definition) is 2. The molecule has 0 saturated heterocycles. The minimum atomic E-state index is 0.549. The quantitative estimate of drug-likeness (QED) is 0.410. The summed E-state index contributed by atoms with van der Waals surface area (Å²) < 4.78 is 0. The molecule has 2 N–H and O–H groups in total. The van der Waals surface area contributed by atoms with E-state index in [0.29, 0.717) is 12.6 Å². The molecule has 1 atom stereocenters. The summed E-state index contributed by atoms with van der Waals surface area (Å²) in [6.45, 7) is 5.83. The first-order valence-corrected chi connectivity index (χ1v) is 3.71. The van der Waals surface area contributed by atoms with Crippen molar-refractivity contribution in [3.05, 3.63) is 0 Å². The minimum absolute atomic E-state index is 0.549. The van der Waals surface area contributed by atoms with Crippen LogP contribution in [-0.4, -0.2) is 25.5 Å². The third-order valence-electron chi connectivity index (χ3n) is 1.46. The molecule has 60 valence electrons. The lowest BCUT2D eigenvalue weighted by Gasteiger charge is -2.09. The van der Waals surface area contributed by atoms with Crippen LogP contribution in [0.2, 0.25) is 0 Å². The Labute approximate surface area is 62.2 Å². The van der Waals surface area contributed by atoms with Crippen LogP contribution in [0.25, 0.3) is 0 Å². The van der Waals surface area contributed by atoms with Gasteiger partial charge in [0.15, 0.2) is 0 Å². The van der Waals surface area contributed by atoms with Gasteiger partial charge in [0.2, 0.25) is 6.41 Å². The van der Waals surface area contributed by atoms with Gasteiger partial charge in [-0.15, -0.1) is 0 Å². The van der Waals surface area contributed by atoms with Crippen molar-refractivity contribution in [3.8, 4) is 0 Å². The van der Waals surface area contributed by atoms with E-state index in [4.69, 9.17) is 0 Å². The zero-order valence-electron chi connectivity index (χ0n) is 6.68. The molecular formula is C7H16N2O. The third-order valence-corrected chi connectivity index (χ3v) is 1.46. The predicted molar refractivity (Wildman–Crippen MR) is 41.8 cm³/mol. The van der Waals surface area contributed by atoms with Gasteiger partial charge in [-0.05, 0) is 13.3 Å². The Kier molecular flexibility index (Phi) is 6.18. The Bertz CT molecular complexity index is 85.7. The Morgan fingerprint density at radius 1 is 1.50 bits per heavy atom. The van der Waals surface area contributed by atoms with Crippen molar-refractivity contribution in [1.82, 2.24) is 10.6 Å². The number of hydrogen-bond acceptors (Lipinski definition) is 2. The topological polar surface area (TPSA) is 41.1 Å². The van der Waals surface area contributed by atoms with E-state index in [0.717, 1.165) is 19.4 Å². The molecule has 0 aliphatic carbocycles. The maximum absolute atomic E-state index is 9.78. The highest BCUT2D eigenvalue weighted by molar-refractivity contribution is 5.45. The van der Waals surface area contributed by atoms with Gasteiger partial charge in [0.05, 0.1) is 0 Å². The number of amides is 1. The maximum Gasteiger partial charge on any atom is 0.207 e. The number of rotatable bonds is 6. The summed E-state index contributed by atoms with van der Waals surface area (Å²) in [5.74, 6) is 0. The van der Waals surface area contributed by atoms with Crippen molar-refractivity contribution in [2.24, 2.45) is 0 Å². The van der Waals surface area contributed by atoms with E-state index < -0.39 is 0 Å². The monoisotopic (exact) mass is 144 g/mol. The van der Waals surface area contributed by atoms with Crippen molar-refractivity contribution in [1.29, 1.82) is 0 Å². The summed E-state index contributed by atoms with van der Waals surface area (Å²) >= 11 is 0. The summed E-state index contributed by atoms with van der Waals surface area (Å²) in [5.41, 5.74) is 0. The zero-order valence-corrected chi connectivity index (χ0v) is 6.68. The molecule has 3 nitrogen and oxygen atoms in total. The smallest absolute Gasteiger partial charge is 0.207 e. The molecule has 0 aromatic rings. The highest BCUT2D eigenvalue weighted by Crippen LogP contribution is 1.84. The molecule has 0 rings (SSSR count). The molecule has 0 radical (unpaired) electrons. The Balaban J connectivity index is 2.95. The van der Waals surface area contributed by atoms with Gasteiger partial charge in [0.25, 0.3) is 0 Å². The number of carbonyl (C=O) groups excluding carboxylic acids is 1. The van der Waals surface area contributed by atoms with E-state index in [2.05, 4.69) is 24.5 Å². The Morgan fingerprint density at radius 2 is 2.20 bits per heavy atom. The fraction of sp³-hybridized carbons (Fsp3) is 0.857. The molecule has 0 aromatic heterocycles. The van der Waals surface area contributed by atoms with Crippen LogP contribution in [0.5, 0.6) is 0 Å². The van der Waals surface area contributed by atoms with E-state index in [-0.39, 0.29) is 0 Å². The SMILES string of the molecule is CCC(C)NCCNC=O. The van der Waals surface area contributed by atoms with Crippen LogP contribution in [0.3, 0.4) is 0 Å². The second kappa shape index (κ2) is 6.55. The molecule has 0 aliphatic rings. The molecule has 0 bridgehead atoms. The number of carbonyl (C=O) groups is 1. The molecule has 0 fully saturated rings. The highest BCUT2D eigenvalue weighted by atomic mass is 16.1. The van der Waals surface area contributed by atoms with Crippen LogP contribution in [0.1, 0.15) is 20.3 Å². The average molecular weight is 144 g/mol. The largest absolute Gasteiger partial charge is 0.357 e. The minimum Gasteiger partial charge on any atom is -0.357 e. The van der Waals surface area contributed by atoms with Gasteiger partial charge >= 0.3 is 0 Å². The fourth-order valence-corrected chi connectivity index (χ4v) is 0.594. The summed E-state index contributed by atoms with van der Waals surface area (Å²) in [6, 6.07) is 0.549. The molecule has 3 heteroatoms. The van der Waals surface area contributed by atoms with Gasteiger partial charge in [0.1, 0.15) is 0 Å². The van der Waals surface area contributed by atoms with Crippen LogP contribution in [0, 0.1) is 0 Å². The van der Waals surface area contributed by atoms with Crippen molar-refractivity contribution in [3.63, 3.8) is 0 Å². The van der Waals surface area contributed by atoms with Crippen molar-refractivity contribution >= 4 is 6.41 Å². The van der Waals surface area contributed by atoms with Crippen LogP contribution in [-0.2, 0) is 4.79 Å². The highest BCUT2D eigenvalue weighted by Gasteiger charge is 1.93. The van der Waals surface area contributed by atoms with Gasteiger partial charge < -0.3 is 10.6 Å². The van der Waals surface area contributed by atoms with Crippen LogP contribution < -0.4 is 10.6 Å². The van der Waals surface area contributed by atoms with Gasteiger partial charge in [-0.25, -0.2) is 0 Å². The van der Waals surface area contributed by atoms with Gasteiger partial charge in [-0.1, -0.05) is 6.92 Å². The molecule has 0 aromatic carbocycles. The summed E-state index contributed by atoms with van der Waals surface area (Å²) in [5, 5.41) is 5.83. The lowest BCUT2D eigenvalue weighted by atomic mass is 10.3. The van der Waals surface area contributed by atoms with E-state index >= 15 is 0 Å². The molecule has 0 aliphatic heterocycles. The second-order valence-electron chi connectivity index (χ2n) is 2.34. The standard InChI is InChI=1S/C7H16N2O/c1-3-7(2)9-5-4-8-6-10/h6-7,9H,3-5H2,1-2H3,(H,8,10). The van der Waals surface area contributed by atoms with E-state index in [9.17, 15) is 4.79 Å². The second-order valence-corrected chi connectivity index (χ2v) is 2.34. The Morgan fingerprint density at radius 3 is 2.70 bits per heavy atom. The third kappa shape index (κ3) is 5.56. The van der Waals surface area contributed by atoms with Crippen LogP contribution in [0.15, 0.2) is 0 Å². The van der Waals surface area contributed by atoms with Crippen LogP contribution >= 0.6 is 0 Å². The molecular weight excluding hydrogens is 128 g/mol. The first-order valence-electron chi connectivity index (χ1n) is 3.71. The van der Waals surface area contributed by atoms with E-state index in [1.807, 2.05) is 0 Å². The lowest BCUT2D eigenvalue weighted by molar-refractivity contribution is -0.109. The molecule has 0 heterocycles. The van der Waals surface area contributed by atoms with Crippen LogP contribution in [0.4, 0.5) is 0 Å². The van der Waals surface area contributed by atoms with E-state index in [1.54, 1.807) is 0 Å². The summed E-state index contributed by atoms with van der Waals surface area (Å²) in [6.07, 6.45) is 1.85. The Hall–Kier alpha value is -0.570. The van der Waals surface area contributed by atoms with Crippen molar-refractivity contribution in [2.75, 3.05) is 13.1 Å². The van der Waals surface area contributed by atoms with Crippen molar-refractivity contribution in [2.45, 2.75) is 26.3 Å². The zero-order chi connectivity index (χ0) is 7.82. The first kappa shape index (κ1) is 9.43. The summed E-state index contributed by atoms with van der Waals surface area (Å²) in [4.78, 5) is 9.78. The van der Waals surface area contributed by atoms with Crippen molar-refractivity contribution < 1.29 is 4.79 Å². The molecule has 10 heavy (non-hydrogen) atoms. The molecule has 0 spiro atoms. The predicted octanol–water partition coefficient (Wildman–Crippen LogP) is 0.120. The fourth-order valence-electron chi connectivity index (χ4n) is 0.594. The average Bonchev–Trinajstić information content (AvgIpc) is 1.98. The molecule has 1 amide bonds. The van der Waals surface area contributed by atoms with E-state index in [1.165, 1.54) is 0 Å². The number of nitrogens with one attached hydrogen (secondary N) is 2. The van der Waals surface area contributed by atoms with Gasteiger partial charge in [-0.2, -0.15) is 0 Å². The molecule has 0 saturated carbocycles. The first-order chi connectivity index (χ1) is 4.81. The molecule has 1 unspecified atom stereocenters. The van der Waals surface area contributed by atoms with Gasteiger partial charge in [0, 0.05) is 19.1 Å². The summed E-state index contributed by atoms with van der Waals surface area (Å²) in [7, 11) is 0. The lowest BCUT2D eigenvalue weighted by Crippen LogP contribution is -2.32. The normalized spacial score (nSPS) is 12.6. The maximum atomic E-state index is 9.78. The van der Waals surface area contributed by atoms with Gasteiger partial charge in [-0.3, -0.25) is 4.79 Å².